The van der Waals surface area contributed by atoms with Crippen molar-refractivity contribution in [3.05, 3.63) is 64.3 Å². The maximum Gasteiger partial charge on any atom is 0.250 e. The van der Waals surface area contributed by atoms with Gasteiger partial charge >= 0.3 is 0 Å². The van der Waals surface area contributed by atoms with Crippen LogP contribution in [0.5, 0.6) is 0 Å². The lowest BCUT2D eigenvalue weighted by atomic mass is 9.77. The van der Waals surface area contributed by atoms with Crippen LogP contribution >= 0.6 is 0 Å². The van der Waals surface area contributed by atoms with E-state index in [-0.39, 0.29) is 5.56 Å². The zero-order valence-electron chi connectivity index (χ0n) is 16.7. The number of aryl methyl sites for hydroxylation is 1. The van der Waals surface area contributed by atoms with Crippen LogP contribution in [0.2, 0.25) is 0 Å². The smallest absolute Gasteiger partial charge is 0.250 e. The summed E-state index contributed by atoms with van der Waals surface area (Å²) < 4.78 is 4.26. The molecule has 0 aliphatic carbocycles. The molecule has 3 atom stereocenters. The number of likely N-dealkylation sites (tertiary alicyclic amines) is 1. The van der Waals surface area contributed by atoms with E-state index in [0.29, 0.717) is 17.9 Å². The summed E-state index contributed by atoms with van der Waals surface area (Å²) in [5, 5.41) is 1.25. The summed E-state index contributed by atoms with van der Waals surface area (Å²) in [6.45, 7) is 5.27. The highest BCUT2D eigenvalue weighted by atomic mass is 16.1. The normalized spacial score (nSPS) is 24.4. The summed E-state index contributed by atoms with van der Waals surface area (Å²) in [6.07, 6.45) is 7.50. The number of pyridine rings is 2. The third-order valence-electron chi connectivity index (χ3n) is 6.67. The Hall–Kier alpha value is -2.40. The minimum atomic E-state index is 0.180. The molecule has 5 heterocycles. The van der Waals surface area contributed by atoms with Crippen LogP contribution in [0.4, 0.5) is 0 Å². The van der Waals surface area contributed by atoms with Gasteiger partial charge in [-0.2, -0.15) is 0 Å². The first-order valence-electron chi connectivity index (χ1n) is 10.5. The van der Waals surface area contributed by atoms with Crippen molar-refractivity contribution in [1.29, 1.82) is 0 Å². The summed E-state index contributed by atoms with van der Waals surface area (Å²) in [4.78, 5) is 19.8. The standard InChI is InChI=1S/C23H28N4O/c1-3-6-20-16-11-17(21-8-4-9-22(28)27(20)21)14-26(13-16)15-18-12-25(2)23-19(18)7-5-10-24-23/h4-5,7-10,12,16-17,20H,3,6,11,13-15H2,1-2H3/t16-,17+,20-/m0/s1. The Morgan fingerprint density at radius 1 is 1.18 bits per heavy atom. The van der Waals surface area contributed by atoms with Crippen LogP contribution in [0.1, 0.15) is 49.4 Å². The third-order valence-corrected chi connectivity index (χ3v) is 6.67. The zero-order valence-corrected chi connectivity index (χ0v) is 16.7. The van der Waals surface area contributed by atoms with Crippen LogP contribution in [0.25, 0.3) is 11.0 Å². The number of rotatable bonds is 4. The number of hydrogen-bond donors (Lipinski definition) is 0. The average Bonchev–Trinajstić information content (AvgIpc) is 3.01. The van der Waals surface area contributed by atoms with Crippen molar-refractivity contribution >= 4 is 11.0 Å². The summed E-state index contributed by atoms with van der Waals surface area (Å²) in [6, 6.07) is 10.4. The number of nitrogens with zero attached hydrogens (tertiary/aromatic N) is 4. The van der Waals surface area contributed by atoms with Gasteiger partial charge in [-0.25, -0.2) is 4.98 Å². The highest BCUT2D eigenvalue weighted by Crippen LogP contribution is 2.43. The first kappa shape index (κ1) is 17.7. The molecule has 0 amide bonds. The van der Waals surface area contributed by atoms with Crippen LogP contribution < -0.4 is 5.56 Å². The lowest BCUT2D eigenvalue weighted by molar-refractivity contribution is 0.0820. The van der Waals surface area contributed by atoms with Crippen molar-refractivity contribution in [3.8, 4) is 0 Å². The van der Waals surface area contributed by atoms with E-state index < -0.39 is 0 Å². The maximum atomic E-state index is 12.6. The fourth-order valence-electron chi connectivity index (χ4n) is 5.59. The van der Waals surface area contributed by atoms with E-state index >= 15 is 0 Å². The van der Waals surface area contributed by atoms with E-state index in [4.69, 9.17) is 0 Å². The summed E-state index contributed by atoms with van der Waals surface area (Å²) in [7, 11) is 2.07. The van der Waals surface area contributed by atoms with Crippen LogP contribution in [0.15, 0.2) is 47.5 Å². The number of aromatic nitrogens is 3. The number of fused-ring (bicyclic) bond motifs is 5. The van der Waals surface area contributed by atoms with Gasteiger partial charge in [0.05, 0.1) is 0 Å². The lowest BCUT2D eigenvalue weighted by Gasteiger charge is -2.47. The molecule has 2 bridgehead atoms. The minimum Gasteiger partial charge on any atom is -0.335 e. The molecule has 0 unspecified atom stereocenters. The van der Waals surface area contributed by atoms with Gasteiger partial charge < -0.3 is 9.13 Å². The van der Waals surface area contributed by atoms with Gasteiger partial charge in [0.25, 0.3) is 5.56 Å². The molecule has 0 spiro atoms. The molecule has 3 aromatic heterocycles. The molecule has 3 aromatic rings. The second-order valence-electron chi connectivity index (χ2n) is 8.54. The van der Waals surface area contributed by atoms with E-state index in [1.54, 1.807) is 6.07 Å². The number of piperidine rings is 1. The topological polar surface area (TPSA) is 43.1 Å². The molecule has 1 saturated heterocycles. The Kier molecular flexibility index (Phi) is 4.35. The van der Waals surface area contributed by atoms with Crippen LogP contribution in [0.3, 0.4) is 0 Å². The summed E-state index contributed by atoms with van der Waals surface area (Å²) in [5.41, 5.74) is 3.82. The minimum absolute atomic E-state index is 0.180. The second kappa shape index (κ2) is 6.89. The largest absolute Gasteiger partial charge is 0.335 e. The molecule has 5 nitrogen and oxygen atoms in total. The van der Waals surface area contributed by atoms with Gasteiger partial charge in [0.15, 0.2) is 0 Å². The van der Waals surface area contributed by atoms with Gasteiger partial charge in [-0.05, 0) is 42.5 Å². The summed E-state index contributed by atoms with van der Waals surface area (Å²) in [5.74, 6) is 1.01. The van der Waals surface area contributed by atoms with E-state index in [2.05, 4.69) is 51.3 Å². The zero-order chi connectivity index (χ0) is 19.3. The van der Waals surface area contributed by atoms with Crippen LogP contribution in [0, 0.1) is 5.92 Å². The first-order valence-corrected chi connectivity index (χ1v) is 10.5. The monoisotopic (exact) mass is 376 g/mol. The molecule has 2 aliphatic heterocycles. The van der Waals surface area contributed by atoms with E-state index in [1.165, 1.54) is 23.1 Å². The van der Waals surface area contributed by atoms with Gasteiger partial charge in [-0.15, -0.1) is 0 Å². The highest BCUT2D eigenvalue weighted by molar-refractivity contribution is 5.80. The molecule has 0 radical (unpaired) electrons. The van der Waals surface area contributed by atoms with E-state index in [0.717, 1.165) is 38.1 Å². The molecule has 0 saturated carbocycles. The molecule has 0 N–H and O–H groups in total. The van der Waals surface area contributed by atoms with E-state index in [9.17, 15) is 4.79 Å². The SMILES string of the molecule is CCC[C@H]1[C@H]2C[C@H](CN(Cc3cn(C)c4ncccc34)C2)c2cccc(=O)n21. The van der Waals surface area contributed by atoms with Crippen molar-refractivity contribution in [2.45, 2.75) is 44.7 Å². The Morgan fingerprint density at radius 3 is 2.93 bits per heavy atom. The Labute approximate surface area is 165 Å². The molecule has 146 valence electrons. The predicted molar refractivity (Wildman–Crippen MR) is 111 cm³/mol. The molecule has 1 fully saturated rings. The highest BCUT2D eigenvalue weighted by Gasteiger charge is 2.40. The molecule has 28 heavy (non-hydrogen) atoms. The maximum absolute atomic E-state index is 12.6. The molecule has 0 aromatic carbocycles. The van der Waals surface area contributed by atoms with E-state index in [1.807, 2.05) is 18.3 Å². The Morgan fingerprint density at radius 2 is 2.07 bits per heavy atom. The van der Waals surface area contributed by atoms with Crippen LogP contribution in [-0.4, -0.2) is 32.1 Å². The molecular formula is C23H28N4O. The quantitative estimate of drug-likeness (QED) is 0.697. The molecule has 2 aliphatic rings. The second-order valence-corrected chi connectivity index (χ2v) is 8.54. The molecular weight excluding hydrogens is 348 g/mol. The van der Waals surface area contributed by atoms with Crippen LogP contribution in [-0.2, 0) is 13.6 Å². The van der Waals surface area contributed by atoms with Crippen molar-refractivity contribution < 1.29 is 0 Å². The van der Waals surface area contributed by atoms with Gasteiger partial charge in [0.1, 0.15) is 5.65 Å². The first-order chi connectivity index (χ1) is 13.7. The fourth-order valence-corrected chi connectivity index (χ4v) is 5.59. The predicted octanol–water partition coefficient (Wildman–Crippen LogP) is 3.70. The Balaban J connectivity index is 1.48. The van der Waals surface area contributed by atoms with Crippen molar-refractivity contribution in [3.63, 3.8) is 0 Å². The van der Waals surface area contributed by atoms with Gasteiger partial charge in [0, 0.05) is 68.2 Å². The molecule has 5 rings (SSSR count). The number of hydrogen-bond acceptors (Lipinski definition) is 3. The van der Waals surface area contributed by atoms with Crippen molar-refractivity contribution in [2.75, 3.05) is 13.1 Å². The Bertz CT molecular complexity index is 1070. The van der Waals surface area contributed by atoms with Crippen molar-refractivity contribution in [2.24, 2.45) is 13.0 Å². The van der Waals surface area contributed by atoms with Gasteiger partial charge in [0.2, 0.25) is 0 Å². The summed E-state index contributed by atoms with van der Waals surface area (Å²) >= 11 is 0. The fraction of sp³-hybridized carbons (Fsp3) is 0.478. The molecule has 5 heteroatoms. The van der Waals surface area contributed by atoms with Gasteiger partial charge in [-0.1, -0.05) is 19.4 Å². The van der Waals surface area contributed by atoms with Crippen molar-refractivity contribution in [1.82, 2.24) is 19.0 Å². The van der Waals surface area contributed by atoms with Gasteiger partial charge in [-0.3, -0.25) is 9.69 Å². The average molecular weight is 377 g/mol. The lowest BCUT2D eigenvalue weighted by Crippen LogP contribution is -2.49. The third kappa shape index (κ3) is 2.80.